The fourth-order valence-corrected chi connectivity index (χ4v) is 4.21. The van der Waals surface area contributed by atoms with Crippen LogP contribution in [0.1, 0.15) is 17.7 Å². The summed E-state index contributed by atoms with van der Waals surface area (Å²) in [5.74, 6) is -0.824. The van der Waals surface area contributed by atoms with Crippen LogP contribution in [-0.2, 0) is 11.3 Å². The molecular formula is C17H18ClNO2S. The number of carbonyl (C=O) groups is 1. The van der Waals surface area contributed by atoms with E-state index < -0.39 is 5.97 Å². The number of hydrogen-bond acceptors (Lipinski definition) is 3. The first kappa shape index (κ1) is 15.5. The topological polar surface area (TPSA) is 40.5 Å². The molecule has 116 valence electrons. The predicted octanol–water partition coefficient (Wildman–Crippen LogP) is 4.37. The molecule has 0 saturated carbocycles. The fourth-order valence-electron chi connectivity index (χ4n) is 2.83. The lowest BCUT2D eigenvalue weighted by atomic mass is 9.97. The Labute approximate surface area is 139 Å². The zero-order valence-corrected chi connectivity index (χ0v) is 13.7. The third-order valence-corrected chi connectivity index (χ3v) is 5.55. The molecule has 0 unspecified atom stereocenters. The molecule has 3 nitrogen and oxygen atoms in total. The van der Waals surface area contributed by atoms with Gasteiger partial charge >= 0.3 is 5.97 Å². The van der Waals surface area contributed by atoms with E-state index in [1.165, 1.54) is 9.75 Å². The van der Waals surface area contributed by atoms with Gasteiger partial charge in [0, 0.05) is 26.9 Å². The standard InChI is InChI=1S/C17H18ClNO2S/c18-15-4-2-1-3-14(15)16-6-5-13(22-16)11-19-9-7-12(8-10-19)17(20)21/h1-6,12H,7-11H2,(H,20,21). The first-order chi connectivity index (χ1) is 10.6. The molecule has 2 aromatic rings. The van der Waals surface area contributed by atoms with Crippen molar-refractivity contribution in [3.05, 3.63) is 46.3 Å². The van der Waals surface area contributed by atoms with Crippen molar-refractivity contribution < 1.29 is 9.90 Å². The highest BCUT2D eigenvalue weighted by molar-refractivity contribution is 7.15. The van der Waals surface area contributed by atoms with Gasteiger partial charge in [-0.1, -0.05) is 29.8 Å². The second-order valence-electron chi connectivity index (χ2n) is 5.63. The van der Waals surface area contributed by atoms with E-state index in [1.54, 1.807) is 11.3 Å². The Morgan fingerprint density at radius 2 is 1.95 bits per heavy atom. The molecule has 0 bridgehead atoms. The van der Waals surface area contributed by atoms with Crippen LogP contribution in [0, 0.1) is 5.92 Å². The van der Waals surface area contributed by atoms with Crippen molar-refractivity contribution in [1.82, 2.24) is 4.90 Å². The van der Waals surface area contributed by atoms with Crippen molar-refractivity contribution in [1.29, 1.82) is 0 Å². The number of halogens is 1. The summed E-state index contributed by atoms with van der Waals surface area (Å²) in [5, 5.41) is 9.82. The maximum Gasteiger partial charge on any atom is 0.306 e. The average Bonchev–Trinajstić information content (AvgIpc) is 2.96. The van der Waals surface area contributed by atoms with Gasteiger partial charge in [0.2, 0.25) is 0 Å². The highest BCUT2D eigenvalue weighted by Crippen LogP contribution is 2.34. The smallest absolute Gasteiger partial charge is 0.306 e. The average molecular weight is 336 g/mol. The number of carboxylic acid groups (broad SMARTS) is 1. The van der Waals surface area contributed by atoms with E-state index in [4.69, 9.17) is 16.7 Å². The molecule has 1 aliphatic rings. The van der Waals surface area contributed by atoms with Crippen LogP contribution >= 0.6 is 22.9 Å². The molecule has 0 radical (unpaired) electrons. The van der Waals surface area contributed by atoms with Gasteiger partial charge in [-0.25, -0.2) is 0 Å². The van der Waals surface area contributed by atoms with E-state index in [0.29, 0.717) is 0 Å². The van der Waals surface area contributed by atoms with E-state index in [0.717, 1.165) is 43.1 Å². The van der Waals surface area contributed by atoms with E-state index in [-0.39, 0.29) is 5.92 Å². The Kier molecular flexibility index (Phi) is 4.81. The highest BCUT2D eigenvalue weighted by atomic mass is 35.5. The molecule has 2 heterocycles. The summed E-state index contributed by atoms with van der Waals surface area (Å²) < 4.78 is 0. The molecular weight excluding hydrogens is 318 g/mol. The maximum absolute atomic E-state index is 11.0. The number of thiophene rings is 1. The lowest BCUT2D eigenvalue weighted by molar-refractivity contribution is -0.143. The van der Waals surface area contributed by atoms with Crippen molar-refractivity contribution in [2.24, 2.45) is 5.92 Å². The molecule has 0 atom stereocenters. The Bertz CT molecular complexity index is 662. The molecule has 0 spiro atoms. The summed E-state index contributed by atoms with van der Waals surface area (Å²) in [4.78, 5) is 15.8. The number of hydrogen-bond donors (Lipinski definition) is 1. The number of rotatable bonds is 4. The highest BCUT2D eigenvalue weighted by Gasteiger charge is 2.24. The molecule has 1 aromatic carbocycles. The summed E-state index contributed by atoms with van der Waals surface area (Å²) in [6.07, 6.45) is 1.50. The molecule has 1 N–H and O–H groups in total. The summed E-state index contributed by atoms with van der Waals surface area (Å²) in [5.41, 5.74) is 1.07. The number of likely N-dealkylation sites (tertiary alicyclic amines) is 1. The quantitative estimate of drug-likeness (QED) is 0.902. The summed E-state index contributed by atoms with van der Waals surface area (Å²) >= 11 is 8.00. The maximum atomic E-state index is 11.0. The Morgan fingerprint density at radius 3 is 2.64 bits per heavy atom. The van der Waals surface area contributed by atoms with Gasteiger partial charge in [0.15, 0.2) is 0 Å². The van der Waals surface area contributed by atoms with Gasteiger partial charge in [0.1, 0.15) is 0 Å². The zero-order valence-electron chi connectivity index (χ0n) is 12.2. The van der Waals surface area contributed by atoms with E-state index in [2.05, 4.69) is 17.0 Å². The van der Waals surface area contributed by atoms with Crippen molar-refractivity contribution >= 4 is 28.9 Å². The predicted molar refractivity (Wildman–Crippen MR) is 90.4 cm³/mol. The van der Waals surface area contributed by atoms with Gasteiger partial charge in [-0.15, -0.1) is 11.3 Å². The van der Waals surface area contributed by atoms with Gasteiger partial charge in [-0.05, 0) is 44.1 Å². The number of nitrogens with zero attached hydrogens (tertiary/aromatic N) is 1. The molecule has 22 heavy (non-hydrogen) atoms. The van der Waals surface area contributed by atoms with Crippen LogP contribution in [0.2, 0.25) is 5.02 Å². The summed E-state index contributed by atoms with van der Waals surface area (Å²) in [6, 6.07) is 12.1. The molecule has 1 fully saturated rings. The van der Waals surface area contributed by atoms with Crippen LogP contribution in [0.3, 0.4) is 0 Å². The zero-order chi connectivity index (χ0) is 15.5. The summed E-state index contributed by atoms with van der Waals surface area (Å²) in [6.45, 7) is 2.61. The molecule has 3 rings (SSSR count). The Hall–Kier alpha value is -1.36. The van der Waals surface area contributed by atoms with Crippen LogP contribution in [0.15, 0.2) is 36.4 Å². The third kappa shape index (κ3) is 3.51. The minimum absolute atomic E-state index is 0.168. The Morgan fingerprint density at radius 1 is 1.23 bits per heavy atom. The van der Waals surface area contributed by atoms with Crippen LogP contribution in [0.5, 0.6) is 0 Å². The van der Waals surface area contributed by atoms with Gasteiger partial charge < -0.3 is 5.11 Å². The van der Waals surface area contributed by atoms with Gasteiger partial charge in [0.05, 0.1) is 5.92 Å². The third-order valence-electron chi connectivity index (χ3n) is 4.12. The molecule has 1 aliphatic heterocycles. The van der Waals surface area contributed by atoms with Crippen molar-refractivity contribution in [2.75, 3.05) is 13.1 Å². The van der Waals surface area contributed by atoms with E-state index in [1.807, 2.05) is 24.3 Å². The van der Waals surface area contributed by atoms with Gasteiger partial charge in [0.25, 0.3) is 0 Å². The monoisotopic (exact) mass is 335 g/mol. The van der Waals surface area contributed by atoms with Crippen LogP contribution < -0.4 is 0 Å². The van der Waals surface area contributed by atoms with Gasteiger partial charge in [-0.2, -0.15) is 0 Å². The lowest BCUT2D eigenvalue weighted by Crippen LogP contribution is -2.35. The SMILES string of the molecule is O=C(O)C1CCN(Cc2ccc(-c3ccccc3Cl)s2)CC1. The van der Waals surface area contributed by atoms with Crippen molar-refractivity contribution in [3.63, 3.8) is 0 Å². The van der Waals surface area contributed by atoms with Crippen LogP contribution in [0.4, 0.5) is 0 Å². The largest absolute Gasteiger partial charge is 0.481 e. The number of piperidine rings is 1. The van der Waals surface area contributed by atoms with Crippen LogP contribution in [0.25, 0.3) is 10.4 Å². The lowest BCUT2D eigenvalue weighted by Gasteiger charge is -2.29. The van der Waals surface area contributed by atoms with E-state index in [9.17, 15) is 4.79 Å². The minimum atomic E-state index is -0.656. The number of benzene rings is 1. The molecule has 0 aliphatic carbocycles. The second-order valence-corrected chi connectivity index (χ2v) is 7.21. The van der Waals surface area contributed by atoms with Crippen molar-refractivity contribution in [3.8, 4) is 10.4 Å². The molecule has 5 heteroatoms. The second kappa shape index (κ2) is 6.82. The summed E-state index contributed by atoms with van der Waals surface area (Å²) in [7, 11) is 0. The molecule has 0 amide bonds. The minimum Gasteiger partial charge on any atom is -0.481 e. The van der Waals surface area contributed by atoms with Crippen LogP contribution in [-0.4, -0.2) is 29.1 Å². The molecule has 1 aromatic heterocycles. The van der Waals surface area contributed by atoms with Crippen molar-refractivity contribution in [2.45, 2.75) is 19.4 Å². The Balaban J connectivity index is 1.63. The van der Waals surface area contributed by atoms with Gasteiger partial charge in [-0.3, -0.25) is 9.69 Å². The van der Waals surface area contributed by atoms with E-state index >= 15 is 0 Å². The normalized spacial score (nSPS) is 16.8. The fraction of sp³-hybridized carbons (Fsp3) is 0.353. The first-order valence-corrected chi connectivity index (χ1v) is 8.61. The number of aliphatic carboxylic acids is 1. The first-order valence-electron chi connectivity index (χ1n) is 7.42. The number of carboxylic acids is 1. The molecule has 1 saturated heterocycles.